The number of rotatable bonds is 5. The van der Waals surface area contributed by atoms with Gasteiger partial charge in [-0.2, -0.15) is 0 Å². The number of nitrogens with one attached hydrogen (secondary N) is 1. The number of carbonyl (C=O) groups excluding carboxylic acids is 1. The normalized spacial score (nSPS) is 17.7. The molecule has 0 saturated carbocycles. The lowest BCUT2D eigenvalue weighted by molar-refractivity contribution is -0.117. The number of anilines is 1. The smallest absolute Gasteiger partial charge is 0.238 e. The minimum atomic E-state index is -0.356. The molecule has 1 aliphatic heterocycles. The largest absolute Gasteiger partial charge is 0.497 e. The van der Waals surface area contributed by atoms with Gasteiger partial charge in [0.1, 0.15) is 11.6 Å². The van der Waals surface area contributed by atoms with Crippen molar-refractivity contribution in [1.82, 2.24) is 4.90 Å². The lowest BCUT2D eigenvalue weighted by Crippen LogP contribution is -2.32. The van der Waals surface area contributed by atoms with Crippen LogP contribution in [0.3, 0.4) is 0 Å². The third-order valence-electron chi connectivity index (χ3n) is 4.32. The van der Waals surface area contributed by atoms with Crippen molar-refractivity contribution in [3.63, 3.8) is 0 Å². The van der Waals surface area contributed by atoms with Crippen LogP contribution in [0.1, 0.15) is 24.4 Å². The Bertz CT molecular complexity index is 703. The first kappa shape index (κ1) is 16.5. The number of methoxy groups -OCH3 is 1. The third kappa shape index (κ3) is 3.92. The first-order valence-corrected chi connectivity index (χ1v) is 8.09. The standard InChI is InChI=1S/C19H21FN2O2/c1-24-17-9-7-14(8-10-17)18-6-3-11-22(18)13-19(23)21-16-5-2-4-15(20)12-16/h2,4-5,7-10,12,18H,3,6,11,13H2,1H3,(H,21,23)/t18-/m0/s1. The molecule has 1 heterocycles. The van der Waals surface area contributed by atoms with Crippen molar-refractivity contribution in [2.24, 2.45) is 0 Å². The Morgan fingerprint density at radius 3 is 2.79 bits per heavy atom. The van der Waals surface area contributed by atoms with E-state index in [2.05, 4.69) is 10.2 Å². The molecule has 0 aromatic heterocycles. The van der Waals surface area contributed by atoms with E-state index >= 15 is 0 Å². The summed E-state index contributed by atoms with van der Waals surface area (Å²) in [5.74, 6) is 0.346. The van der Waals surface area contributed by atoms with E-state index in [1.54, 1.807) is 19.2 Å². The monoisotopic (exact) mass is 328 g/mol. The summed E-state index contributed by atoms with van der Waals surface area (Å²) >= 11 is 0. The molecule has 1 N–H and O–H groups in total. The molecule has 0 unspecified atom stereocenters. The number of hydrogen-bond acceptors (Lipinski definition) is 3. The van der Waals surface area contributed by atoms with Crippen molar-refractivity contribution in [3.05, 3.63) is 59.9 Å². The first-order chi connectivity index (χ1) is 11.7. The molecule has 2 aromatic carbocycles. The molecule has 5 heteroatoms. The van der Waals surface area contributed by atoms with Crippen LogP contribution in [0.25, 0.3) is 0 Å². The van der Waals surface area contributed by atoms with Gasteiger partial charge in [0.2, 0.25) is 5.91 Å². The second-order valence-corrected chi connectivity index (χ2v) is 5.96. The number of amides is 1. The summed E-state index contributed by atoms with van der Waals surface area (Å²) in [5.41, 5.74) is 1.67. The van der Waals surface area contributed by atoms with Crippen LogP contribution in [0.2, 0.25) is 0 Å². The maximum Gasteiger partial charge on any atom is 0.238 e. The van der Waals surface area contributed by atoms with Gasteiger partial charge in [-0.25, -0.2) is 4.39 Å². The quantitative estimate of drug-likeness (QED) is 0.912. The maximum atomic E-state index is 13.2. The van der Waals surface area contributed by atoms with Gasteiger partial charge in [0.25, 0.3) is 0 Å². The summed E-state index contributed by atoms with van der Waals surface area (Å²) in [6.07, 6.45) is 2.09. The lowest BCUT2D eigenvalue weighted by atomic mass is 10.0. The van der Waals surface area contributed by atoms with Crippen molar-refractivity contribution in [1.29, 1.82) is 0 Å². The van der Waals surface area contributed by atoms with E-state index in [0.717, 1.165) is 25.1 Å². The highest BCUT2D eigenvalue weighted by Gasteiger charge is 2.27. The van der Waals surface area contributed by atoms with Gasteiger partial charge in [0.05, 0.1) is 13.7 Å². The Hall–Kier alpha value is -2.40. The highest BCUT2D eigenvalue weighted by molar-refractivity contribution is 5.92. The van der Waals surface area contributed by atoms with Crippen LogP contribution in [0.4, 0.5) is 10.1 Å². The number of ether oxygens (including phenoxy) is 1. The Morgan fingerprint density at radius 2 is 2.08 bits per heavy atom. The zero-order valence-corrected chi connectivity index (χ0v) is 13.7. The number of benzene rings is 2. The van der Waals surface area contributed by atoms with Crippen LogP contribution in [0.15, 0.2) is 48.5 Å². The number of hydrogen-bond donors (Lipinski definition) is 1. The molecule has 1 fully saturated rings. The summed E-state index contributed by atoms with van der Waals surface area (Å²) in [6, 6.07) is 14.2. The topological polar surface area (TPSA) is 41.6 Å². The van der Waals surface area contributed by atoms with Crippen LogP contribution in [-0.2, 0) is 4.79 Å². The van der Waals surface area contributed by atoms with Crippen molar-refractivity contribution >= 4 is 11.6 Å². The predicted octanol–water partition coefficient (Wildman–Crippen LogP) is 3.61. The van der Waals surface area contributed by atoms with Gasteiger partial charge < -0.3 is 10.1 Å². The van der Waals surface area contributed by atoms with E-state index in [-0.39, 0.29) is 17.8 Å². The fourth-order valence-electron chi connectivity index (χ4n) is 3.17. The fourth-order valence-corrected chi connectivity index (χ4v) is 3.17. The van der Waals surface area contributed by atoms with E-state index in [9.17, 15) is 9.18 Å². The van der Waals surface area contributed by atoms with E-state index in [4.69, 9.17) is 4.74 Å². The minimum Gasteiger partial charge on any atom is -0.497 e. The summed E-state index contributed by atoms with van der Waals surface area (Å²) in [4.78, 5) is 14.4. The van der Waals surface area contributed by atoms with Gasteiger partial charge in [-0.3, -0.25) is 9.69 Å². The van der Waals surface area contributed by atoms with Crippen molar-refractivity contribution in [3.8, 4) is 5.75 Å². The molecule has 0 bridgehead atoms. The average Bonchev–Trinajstić information content (AvgIpc) is 3.03. The highest BCUT2D eigenvalue weighted by Crippen LogP contribution is 2.32. The second-order valence-electron chi connectivity index (χ2n) is 5.96. The first-order valence-electron chi connectivity index (χ1n) is 8.09. The van der Waals surface area contributed by atoms with E-state index in [1.165, 1.54) is 17.7 Å². The maximum absolute atomic E-state index is 13.2. The van der Waals surface area contributed by atoms with Crippen molar-refractivity contribution in [2.45, 2.75) is 18.9 Å². The van der Waals surface area contributed by atoms with Gasteiger partial charge in [-0.15, -0.1) is 0 Å². The van der Waals surface area contributed by atoms with Gasteiger partial charge in [0, 0.05) is 11.7 Å². The minimum absolute atomic E-state index is 0.124. The molecule has 1 amide bonds. The van der Waals surface area contributed by atoms with Crippen LogP contribution in [0, 0.1) is 5.82 Å². The summed E-state index contributed by atoms with van der Waals surface area (Å²) in [7, 11) is 1.65. The van der Waals surface area contributed by atoms with Gasteiger partial charge in [0.15, 0.2) is 0 Å². The molecule has 1 aliphatic rings. The Morgan fingerprint density at radius 1 is 1.29 bits per heavy atom. The van der Waals surface area contributed by atoms with Crippen LogP contribution in [0.5, 0.6) is 5.75 Å². The molecule has 0 spiro atoms. The van der Waals surface area contributed by atoms with E-state index in [0.29, 0.717) is 12.2 Å². The Kier molecular flexibility index (Phi) is 5.11. The van der Waals surface area contributed by atoms with Crippen LogP contribution in [-0.4, -0.2) is 31.0 Å². The van der Waals surface area contributed by atoms with Crippen LogP contribution < -0.4 is 10.1 Å². The summed E-state index contributed by atoms with van der Waals surface area (Å²) in [5, 5.41) is 2.76. The number of carbonyl (C=O) groups is 1. The third-order valence-corrected chi connectivity index (χ3v) is 4.32. The molecule has 0 aliphatic carbocycles. The number of likely N-dealkylation sites (tertiary alicyclic amines) is 1. The molecule has 2 aromatic rings. The van der Waals surface area contributed by atoms with Gasteiger partial charge >= 0.3 is 0 Å². The highest BCUT2D eigenvalue weighted by atomic mass is 19.1. The average molecular weight is 328 g/mol. The molecule has 4 nitrogen and oxygen atoms in total. The second kappa shape index (κ2) is 7.45. The molecule has 1 saturated heterocycles. The van der Waals surface area contributed by atoms with E-state index < -0.39 is 0 Å². The molecule has 24 heavy (non-hydrogen) atoms. The van der Waals surface area contributed by atoms with Gasteiger partial charge in [-0.05, 0) is 55.3 Å². The Balaban J connectivity index is 1.63. The SMILES string of the molecule is COc1ccc([C@@H]2CCCN2CC(=O)Nc2cccc(F)c2)cc1. The number of nitrogens with zero attached hydrogens (tertiary/aromatic N) is 1. The van der Waals surface area contributed by atoms with Crippen molar-refractivity contribution in [2.75, 3.05) is 25.5 Å². The summed E-state index contributed by atoms with van der Waals surface area (Å²) in [6.45, 7) is 1.18. The molecular weight excluding hydrogens is 307 g/mol. The molecule has 126 valence electrons. The van der Waals surface area contributed by atoms with E-state index in [1.807, 2.05) is 24.3 Å². The fraction of sp³-hybridized carbons (Fsp3) is 0.316. The zero-order valence-electron chi connectivity index (χ0n) is 13.7. The number of halogens is 1. The zero-order chi connectivity index (χ0) is 16.9. The molecule has 0 radical (unpaired) electrons. The van der Waals surface area contributed by atoms with Crippen molar-refractivity contribution < 1.29 is 13.9 Å². The van der Waals surface area contributed by atoms with Gasteiger partial charge in [-0.1, -0.05) is 18.2 Å². The molecular formula is C19H21FN2O2. The lowest BCUT2D eigenvalue weighted by Gasteiger charge is -2.24. The van der Waals surface area contributed by atoms with Crippen LogP contribution >= 0.6 is 0 Å². The Labute approximate surface area is 141 Å². The molecule has 3 rings (SSSR count). The predicted molar refractivity (Wildman–Crippen MR) is 91.6 cm³/mol. The summed E-state index contributed by atoms with van der Waals surface area (Å²) < 4.78 is 18.4. The molecule has 1 atom stereocenters.